The summed E-state index contributed by atoms with van der Waals surface area (Å²) in [5, 5.41) is 0. The molecule has 4 heterocycles. The second-order valence-corrected chi connectivity index (χ2v) is 5.48. The zero-order valence-electron chi connectivity index (χ0n) is 13.3. The summed E-state index contributed by atoms with van der Waals surface area (Å²) in [5.74, 6) is 2.12. The standard InChI is InChI=1S/C18H15N5O/c1-12-8-20-13(2)22-18(12)16-10-21-17-6-5-15(11-23(16)17)24-14-4-3-7-19-9-14/h3-11H,1-2H3. The van der Waals surface area contributed by atoms with Crippen LogP contribution in [0.4, 0.5) is 0 Å². The van der Waals surface area contributed by atoms with Crippen molar-refractivity contribution in [1.82, 2.24) is 24.3 Å². The van der Waals surface area contributed by atoms with Gasteiger partial charge in [-0.3, -0.25) is 9.38 Å². The average Bonchev–Trinajstić information content (AvgIpc) is 3.01. The predicted molar refractivity (Wildman–Crippen MR) is 90.0 cm³/mol. The van der Waals surface area contributed by atoms with Crippen LogP contribution in [0, 0.1) is 13.8 Å². The van der Waals surface area contributed by atoms with Crippen LogP contribution >= 0.6 is 0 Å². The van der Waals surface area contributed by atoms with Crippen molar-refractivity contribution in [1.29, 1.82) is 0 Å². The molecule has 118 valence electrons. The van der Waals surface area contributed by atoms with Crippen molar-refractivity contribution < 1.29 is 4.74 Å². The number of aromatic nitrogens is 5. The molecule has 6 heteroatoms. The van der Waals surface area contributed by atoms with Crippen LogP contribution in [-0.4, -0.2) is 24.3 Å². The fraction of sp³-hybridized carbons (Fsp3) is 0.111. The summed E-state index contributed by atoms with van der Waals surface area (Å²) in [6.07, 6.45) is 8.94. The first-order chi connectivity index (χ1) is 11.7. The summed E-state index contributed by atoms with van der Waals surface area (Å²) in [6, 6.07) is 7.50. The monoisotopic (exact) mass is 317 g/mol. The van der Waals surface area contributed by atoms with E-state index in [4.69, 9.17) is 4.74 Å². The molecule has 0 bridgehead atoms. The van der Waals surface area contributed by atoms with Crippen LogP contribution in [0.2, 0.25) is 0 Å². The Kier molecular flexibility index (Phi) is 3.42. The fourth-order valence-electron chi connectivity index (χ4n) is 2.53. The van der Waals surface area contributed by atoms with Gasteiger partial charge in [-0.1, -0.05) is 0 Å². The van der Waals surface area contributed by atoms with Gasteiger partial charge in [-0.25, -0.2) is 15.0 Å². The number of nitrogens with zero attached hydrogens (tertiary/aromatic N) is 5. The van der Waals surface area contributed by atoms with Gasteiger partial charge < -0.3 is 4.74 Å². The van der Waals surface area contributed by atoms with Crippen molar-refractivity contribution in [3.8, 4) is 22.9 Å². The molecule has 0 aliphatic rings. The predicted octanol–water partition coefficient (Wildman–Crippen LogP) is 3.60. The molecule has 4 aromatic rings. The number of ether oxygens (including phenoxy) is 1. The summed E-state index contributed by atoms with van der Waals surface area (Å²) in [7, 11) is 0. The second kappa shape index (κ2) is 5.73. The van der Waals surface area contributed by atoms with Crippen LogP contribution in [0.1, 0.15) is 11.4 Å². The minimum Gasteiger partial charge on any atom is -0.454 e. The molecule has 24 heavy (non-hydrogen) atoms. The molecule has 4 rings (SSSR count). The molecule has 0 amide bonds. The van der Waals surface area contributed by atoms with E-state index >= 15 is 0 Å². The number of hydrogen-bond donors (Lipinski definition) is 0. The topological polar surface area (TPSA) is 65.2 Å². The Labute approximate surface area is 138 Å². The fourth-order valence-corrected chi connectivity index (χ4v) is 2.53. The van der Waals surface area contributed by atoms with Crippen LogP contribution < -0.4 is 4.74 Å². The zero-order valence-corrected chi connectivity index (χ0v) is 13.3. The van der Waals surface area contributed by atoms with Gasteiger partial charge >= 0.3 is 0 Å². The first-order valence-electron chi connectivity index (χ1n) is 7.56. The number of hydrogen-bond acceptors (Lipinski definition) is 5. The van der Waals surface area contributed by atoms with Crippen molar-refractivity contribution in [3.63, 3.8) is 0 Å². The Hall–Kier alpha value is -3.28. The first kappa shape index (κ1) is 14.3. The summed E-state index contributed by atoms with van der Waals surface area (Å²) < 4.78 is 7.83. The number of imidazole rings is 1. The molecule has 0 radical (unpaired) electrons. The maximum Gasteiger partial charge on any atom is 0.145 e. The highest BCUT2D eigenvalue weighted by Gasteiger charge is 2.12. The van der Waals surface area contributed by atoms with Crippen LogP contribution in [-0.2, 0) is 0 Å². The summed E-state index contributed by atoms with van der Waals surface area (Å²) in [4.78, 5) is 17.3. The van der Waals surface area contributed by atoms with E-state index in [0.29, 0.717) is 11.5 Å². The van der Waals surface area contributed by atoms with Gasteiger partial charge in [0.15, 0.2) is 0 Å². The third-order valence-corrected chi connectivity index (χ3v) is 3.68. The highest BCUT2D eigenvalue weighted by molar-refractivity contribution is 5.63. The third-order valence-electron chi connectivity index (χ3n) is 3.68. The molecule has 0 spiro atoms. The van der Waals surface area contributed by atoms with E-state index in [1.165, 1.54) is 0 Å². The van der Waals surface area contributed by atoms with E-state index in [9.17, 15) is 0 Å². The van der Waals surface area contributed by atoms with Crippen molar-refractivity contribution in [2.45, 2.75) is 13.8 Å². The van der Waals surface area contributed by atoms with Gasteiger partial charge in [0, 0.05) is 12.4 Å². The number of fused-ring (bicyclic) bond motifs is 1. The van der Waals surface area contributed by atoms with E-state index in [1.807, 2.05) is 61.1 Å². The Balaban J connectivity index is 1.80. The van der Waals surface area contributed by atoms with Crippen LogP contribution in [0.25, 0.3) is 17.0 Å². The van der Waals surface area contributed by atoms with Gasteiger partial charge in [-0.2, -0.15) is 0 Å². The number of rotatable bonds is 3. The molecule has 0 saturated heterocycles. The van der Waals surface area contributed by atoms with Gasteiger partial charge in [-0.15, -0.1) is 0 Å². The minimum atomic E-state index is 0.688. The lowest BCUT2D eigenvalue weighted by atomic mass is 10.2. The maximum atomic E-state index is 5.86. The van der Waals surface area contributed by atoms with Crippen LogP contribution in [0.15, 0.2) is 55.2 Å². The second-order valence-electron chi connectivity index (χ2n) is 5.48. The Morgan fingerprint density at radius 3 is 2.71 bits per heavy atom. The van der Waals surface area contributed by atoms with Crippen LogP contribution in [0.3, 0.4) is 0 Å². The summed E-state index contributed by atoms with van der Waals surface area (Å²) >= 11 is 0. The van der Waals surface area contributed by atoms with E-state index in [-0.39, 0.29) is 0 Å². The largest absolute Gasteiger partial charge is 0.454 e. The molecule has 0 aliphatic carbocycles. The van der Waals surface area contributed by atoms with E-state index < -0.39 is 0 Å². The Bertz CT molecular complexity index is 1010. The molecular formula is C18H15N5O. The van der Waals surface area contributed by atoms with Gasteiger partial charge in [0.25, 0.3) is 0 Å². The van der Waals surface area contributed by atoms with Gasteiger partial charge in [0.2, 0.25) is 0 Å². The molecule has 0 fully saturated rings. The maximum absolute atomic E-state index is 5.86. The number of pyridine rings is 2. The Morgan fingerprint density at radius 2 is 1.88 bits per heavy atom. The van der Waals surface area contributed by atoms with Gasteiger partial charge in [0.05, 0.1) is 30.0 Å². The first-order valence-corrected chi connectivity index (χ1v) is 7.56. The molecule has 0 N–H and O–H groups in total. The third kappa shape index (κ3) is 2.58. The van der Waals surface area contributed by atoms with E-state index in [1.54, 1.807) is 12.4 Å². The van der Waals surface area contributed by atoms with E-state index in [2.05, 4.69) is 19.9 Å². The number of aryl methyl sites for hydroxylation is 2. The summed E-state index contributed by atoms with van der Waals surface area (Å²) in [6.45, 7) is 3.87. The van der Waals surface area contributed by atoms with Crippen molar-refractivity contribution in [3.05, 3.63) is 66.6 Å². The molecule has 6 nitrogen and oxygen atoms in total. The van der Waals surface area contributed by atoms with Crippen molar-refractivity contribution in [2.75, 3.05) is 0 Å². The van der Waals surface area contributed by atoms with Crippen molar-refractivity contribution in [2.24, 2.45) is 0 Å². The normalized spacial score (nSPS) is 10.9. The molecule has 0 unspecified atom stereocenters. The lowest BCUT2D eigenvalue weighted by molar-refractivity contribution is 0.477. The lowest BCUT2D eigenvalue weighted by Crippen LogP contribution is -1.97. The SMILES string of the molecule is Cc1ncc(C)c(-c2cnc3ccc(Oc4cccnc4)cn23)n1. The molecule has 0 atom stereocenters. The molecule has 0 aliphatic heterocycles. The molecular weight excluding hydrogens is 302 g/mol. The van der Waals surface area contributed by atoms with Gasteiger partial charge in [0.1, 0.15) is 23.0 Å². The molecule has 0 aromatic carbocycles. The highest BCUT2D eigenvalue weighted by atomic mass is 16.5. The minimum absolute atomic E-state index is 0.688. The zero-order chi connectivity index (χ0) is 16.5. The lowest BCUT2D eigenvalue weighted by Gasteiger charge is -2.08. The summed E-state index contributed by atoms with van der Waals surface area (Å²) in [5.41, 5.74) is 3.61. The molecule has 0 saturated carbocycles. The van der Waals surface area contributed by atoms with Gasteiger partial charge in [-0.05, 0) is 43.7 Å². The van der Waals surface area contributed by atoms with Crippen molar-refractivity contribution >= 4 is 5.65 Å². The molecule has 4 aromatic heterocycles. The Morgan fingerprint density at radius 1 is 0.958 bits per heavy atom. The highest BCUT2D eigenvalue weighted by Crippen LogP contribution is 2.26. The van der Waals surface area contributed by atoms with Crippen LogP contribution in [0.5, 0.6) is 11.5 Å². The van der Waals surface area contributed by atoms with E-state index in [0.717, 1.165) is 28.4 Å². The quantitative estimate of drug-likeness (QED) is 0.577. The smallest absolute Gasteiger partial charge is 0.145 e. The average molecular weight is 317 g/mol.